The molecule has 0 spiro atoms. The van der Waals surface area contributed by atoms with E-state index in [-0.39, 0.29) is 11.1 Å². The summed E-state index contributed by atoms with van der Waals surface area (Å²) in [6.45, 7) is 0. The molecule has 1 aromatic heterocycles. The molecule has 2 nitrogen and oxygen atoms in total. The molecule has 3 aromatic rings. The van der Waals surface area contributed by atoms with Crippen molar-refractivity contribution in [1.82, 2.24) is 4.98 Å². The van der Waals surface area contributed by atoms with Gasteiger partial charge in [0.05, 0.1) is 5.54 Å². The van der Waals surface area contributed by atoms with Gasteiger partial charge in [-0.2, -0.15) is 0 Å². The number of aromatic nitrogens is 1. The van der Waals surface area contributed by atoms with Crippen LogP contribution in [0.3, 0.4) is 0 Å². The van der Waals surface area contributed by atoms with E-state index in [0.29, 0.717) is 0 Å². The van der Waals surface area contributed by atoms with Crippen molar-refractivity contribution in [3.63, 3.8) is 0 Å². The van der Waals surface area contributed by atoms with E-state index in [4.69, 9.17) is 5.73 Å². The topological polar surface area (TPSA) is 41.8 Å². The Labute approximate surface area is 146 Å². The van der Waals surface area contributed by atoms with Crippen molar-refractivity contribution in [2.45, 2.75) is 44.1 Å². The average Bonchev–Trinajstić information content (AvgIpc) is 3.01. The Morgan fingerprint density at radius 3 is 2.60 bits per heavy atom. The number of para-hydroxylation sites is 1. The van der Waals surface area contributed by atoms with E-state index < -0.39 is 6.43 Å². The Bertz CT molecular complexity index is 883. The molecular weight excluding hydrogens is 318 g/mol. The summed E-state index contributed by atoms with van der Waals surface area (Å²) in [7, 11) is 0. The molecule has 0 amide bonds. The van der Waals surface area contributed by atoms with Crippen LogP contribution in [0.2, 0.25) is 0 Å². The lowest BCUT2D eigenvalue weighted by Gasteiger charge is -2.34. The number of H-pyrrole nitrogens is 1. The molecule has 0 radical (unpaired) electrons. The number of benzene rings is 2. The van der Waals surface area contributed by atoms with Crippen LogP contribution in [0.1, 0.15) is 48.1 Å². The summed E-state index contributed by atoms with van der Waals surface area (Å²) < 4.78 is 25.4. The van der Waals surface area contributed by atoms with E-state index in [0.717, 1.165) is 48.9 Å². The van der Waals surface area contributed by atoms with Crippen molar-refractivity contribution in [3.05, 3.63) is 70.9 Å². The number of aryl methyl sites for hydroxylation is 2. The molecule has 25 heavy (non-hydrogen) atoms. The Balaban J connectivity index is 1.58. The highest BCUT2D eigenvalue weighted by atomic mass is 19.3. The van der Waals surface area contributed by atoms with Gasteiger partial charge < -0.3 is 10.7 Å². The minimum absolute atomic E-state index is 0.0711. The predicted octanol–water partition coefficient (Wildman–Crippen LogP) is 5.23. The maximum atomic E-state index is 12.7. The summed E-state index contributed by atoms with van der Waals surface area (Å²) in [5.41, 5.74) is 11.2. The predicted molar refractivity (Wildman–Crippen MR) is 96.8 cm³/mol. The Morgan fingerprint density at radius 1 is 1.08 bits per heavy atom. The summed E-state index contributed by atoms with van der Waals surface area (Å²) in [5, 5.41) is 1.27. The summed E-state index contributed by atoms with van der Waals surface area (Å²) in [5.74, 6) is 0. The molecular formula is C21H22F2N2. The Morgan fingerprint density at radius 2 is 1.84 bits per heavy atom. The Hall–Kier alpha value is -2.20. The van der Waals surface area contributed by atoms with Gasteiger partial charge >= 0.3 is 0 Å². The van der Waals surface area contributed by atoms with Crippen LogP contribution in [0.15, 0.2) is 48.5 Å². The first-order valence-electron chi connectivity index (χ1n) is 8.83. The number of nitrogens with one attached hydrogen (secondary N) is 1. The standard InChI is InChI=1S/C21H22F2N2/c22-20(23)15-9-7-14(8-10-15)11-13-21(24)12-3-5-17-16-4-1-2-6-18(16)25-19(17)21/h1-2,4,6-10,20,25H,3,5,11-13,24H2. The molecule has 1 heterocycles. The molecule has 1 unspecified atom stereocenters. The van der Waals surface area contributed by atoms with Crippen LogP contribution in [0.25, 0.3) is 10.9 Å². The van der Waals surface area contributed by atoms with Crippen molar-refractivity contribution >= 4 is 10.9 Å². The first-order valence-corrected chi connectivity index (χ1v) is 8.83. The number of alkyl halides is 2. The summed E-state index contributed by atoms with van der Waals surface area (Å²) in [6.07, 6.45) is 2.26. The summed E-state index contributed by atoms with van der Waals surface area (Å²) >= 11 is 0. The molecule has 0 saturated heterocycles. The number of aromatic amines is 1. The largest absolute Gasteiger partial charge is 0.357 e. The first-order chi connectivity index (χ1) is 12.1. The van der Waals surface area contributed by atoms with Crippen molar-refractivity contribution in [2.75, 3.05) is 0 Å². The zero-order chi connectivity index (χ0) is 17.4. The van der Waals surface area contributed by atoms with Gasteiger partial charge in [0.2, 0.25) is 0 Å². The van der Waals surface area contributed by atoms with Gasteiger partial charge in [-0.15, -0.1) is 0 Å². The summed E-state index contributed by atoms with van der Waals surface area (Å²) in [6, 6.07) is 15.0. The van der Waals surface area contributed by atoms with Gasteiger partial charge in [-0.25, -0.2) is 8.78 Å². The van der Waals surface area contributed by atoms with E-state index in [2.05, 4.69) is 23.2 Å². The van der Waals surface area contributed by atoms with Crippen LogP contribution < -0.4 is 5.73 Å². The highest BCUT2D eigenvalue weighted by Crippen LogP contribution is 2.39. The second-order valence-corrected chi connectivity index (χ2v) is 7.08. The second kappa shape index (κ2) is 6.26. The van der Waals surface area contributed by atoms with Gasteiger partial charge in [-0.05, 0) is 49.3 Å². The number of fused-ring (bicyclic) bond motifs is 3. The Kier molecular flexibility index (Phi) is 4.08. The third-order valence-corrected chi connectivity index (χ3v) is 5.45. The number of hydrogen-bond donors (Lipinski definition) is 2. The SMILES string of the molecule is NC1(CCc2ccc(C(F)F)cc2)CCCc2c1[nH]c1ccccc21. The number of halogens is 2. The van der Waals surface area contributed by atoms with E-state index >= 15 is 0 Å². The lowest BCUT2D eigenvalue weighted by atomic mass is 9.77. The molecule has 0 aliphatic heterocycles. The third kappa shape index (κ3) is 2.95. The third-order valence-electron chi connectivity index (χ3n) is 5.45. The monoisotopic (exact) mass is 340 g/mol. The fourth-order valence-corrected chi connectivity index (χ4v) is 4.04. The van der Waals surface area contributed by atoms with E-state index in [1.807, 2.05) is 6.07 Å². The van der Waals surface area contributed by atoms with Crippen molar-refractivity contribution in [1.29, 1.82) is 0 Å². The van der Waals surface area contributed by atoms with Gasteiger partial charge in [0, 0.05) is 22.2 Å². The molecule has 1 aliphatic rings. The van der Waals surface area contributed by atoms with Gasteiger partial charge in [0.1, 0.15) is 0 Å². The average molecular weight is 340 g/mol. The minimum atomic E-state index is -2.41. The van der Waals surface area contributed by atoms with Gasteiger partial charge in [-0.1, -0.05) is 42.5 Å². The highest BCUT2D eigenvalue weighted by Gasteiger charge is 2.34. The first kappa shape index (κ1) is 16.3. The normalized spacial score (nSPS) is 20.2. The number of hydrogen-bond acceptors (Lipinski definition) is 1. The highest BCUT2D eigenvalue weighted by molar-refractivity contribution is 5.85. The molecule has 4 rings (SSSR count). The molecule has 0 fully saturated rings. The molecule has 0 bridgehead atoms. The molecule has 130 valence electrons. The molecule has 1 atom stereocenters. The van der Waals surface area contributed by atoms with Crippen LogP contribution in [0, 0.1) is 0 Å². The zero-order valence-electron chi connectivity index (χ0n) is 14.1. The maximum Gasteiger partial charge on any atom is 0.263 e. The van der Waals surface area contributed by atoms with Crippen LogP contribution >= 0.6 is 0 Å². The molecule has 3 N–H and O–H groups in total. The smallest absolute Gasteiger partial charge is 0.263 e. The van der Waals surface area contributed by atoms with Gasteiger partial charge in [-0.3, -0.25) is 0 Å². The van der Waals surface area contributed by atoms with Gasteiger partial charge in [0.25, 0.3) is 6.43 Å². The molecule has 4 heteroatoms. The molecule has 1 aliphatic carbocycles. The maximum absolute atomic E-state index is 12.7. The van der Waals surface area contributed by atoms with E-state index in [9.17, 15) is 8.78 Å². The lowest BCUT2D eigenvalue weighted by Crippen LogP contribution is -2.40. The van der Waals surface area contributed by atoms with E-state index in [1.165, 1.54) is 23.1 Å². The van der Waals surface area contributed by atoms with Crippen LogP contribution in [-0.4, -0.2) is 4.98 Å². The van der Waals surface area contributed by atoms with Crippen LogP contribution in [0.4, 0.5) is 8.78 Å². The minimum Gasteiger partial charge on any atom is -0.357 e. The zero-order valence-corrected chi connectivity index (χ0v) is 14.1. The van der Waals surface area contributed by atoms with Crippen molar-refractivity contribution < 1.29 is 8.78 Å². The van der Waals surface area contributed by atoms with Crippen LogP contribution in [0.5, 0.6) is 0 Å². The number of nitrogens with two attached hydrogens (primary N) is 1. The molecule has 2 aromatic carbocycles. The fraction of sp³-hybridized carbons (Fsp3) is 0.333. The fourth-order valence-electron chi connectivity index (χ4n) is 4.04. The summed E-state index contributed by atoms with van der Waals surface area (Å²) in [4.78, 5) is 3.54. The molecule has 0 saturated carbocycles. The van der Waals surface area contributed by atoms with Crippen molar-refractivity contribution in [2.24, 2.45) is 5.73 Å². The van der Waals surface area contributed by atoms with Crippen molar-refractivity contribution in [3.8, 4) is 0 Å². The number of rotatable bonds is 4. The van der Waals surface area contributed by atoms with E-state index in [1.54, 1.807) is 12.1 Å². The quantitative estimate of drug-likeness (QED) is 0.671. The van der Waals surface area contributed by atoms with Crippen LogP contribution in [-0.2, 0) is 18.4 Å². The second-order valence-electron chi connectivity index (χ2n) is 7.08. The lowest BCUT2D eigenvalue weighted by molar-refractivity contribution is 0.151. The van der Waals surface area contributed by atoms with Gasteiger partial charge in [0.15, 0.2) is 0 Å².